The van der Waals surface area contributed by atoms with Gasteiger partial charge in [-0.25, -0.2) is 0 Å². The lowest BCUT2D eigenvalue weighted by Gasteiger charge is -2.51. The molecular formula is C27H36O4. The first-order valence-corrected chi connectivity index (χ1v) is 11.3. The molecule has 2 aromatic rings. The maximum atomic E-state index is 11.3. The molecule has 4 N–H and O–H groups in total. The highest BCUT2D eigenvalue weighted by Gasteiger charge is 2.70. The molecule has 0 aromatic heterocycles. The summed E-state index contributed by atoms with van der Waals surface area (Å²) in [6.07, 6.45) is 0.747. The van der Waals surface area contributed by atoms with Crippen LogP contribution in [0.15, 0.2) is 24.3 Å². The molecule has 31 heavy (non-hydrogen) atoms. The SMILES string of the molecule is CC(C)C1(C)CC2(c3cc(O)c(O)cc3C(C)(C(C)C)C2(C)C)c2c1ccc(O)c2O. The van der Waals surface area contributed by atoms with Crippen LogP contribution >= 0.6 is 0 Å². The molecule has 0 amide bonds. The van der Waals surface area contributed by atoms with Crippen LogP contribution in [0.4, 0.5) is 0 Å². The van der Waals surface area contributed by atoms with Gasteiger partial charge in [-0.15, -0.1) is 0 Å². The molecule has 0 bridgehead atoms. The Kier molecular flexibility index (Phi) is 4.31. The molecule has 3 unspecified atom stereocenters. The minimum atomic E-state index is -0.635. The summed E-state index contributed by atoms with van der Waals surface area (Å²) in [4.78, 5) is 0. The average Bonchev–Trinajstić information content (AvgIpc) is 3.03. The fourth-order valence-electron chi connectivity index (χ4n) is 7.01. The molecule has 2 aliphatic rings. The van der Waals surface area contributed by atoms with Crippen LogP contribution in [-0.4, -0.2) is 20.4 Å². The number of phenols is 4. The fourth-order valence-corrected chi connectivity index (χ4v) is 7.01. The van der Waals surface area contributed by atoms with E-state index in [0.29, 0.717) is 5.92 Å². The first-order chi connectivity index (χ1) is 14.2. The predicted octanol–water partition coefficient (Wildman–Crippen LogP) is 6.07. The molecule has 4 heteroatoms. The van der Waals surface area contributed by atoms with E-state index < -0.39 is 5.41 Å². The molecule has 0 saturated carbocycles. The highest BCUT2D eigenvalue weighted by atomic mass is 16.3. The van der Waals surface area contributed by atoms with Crippen molar-refractivity contribution in [3.63, 3.8) is 0 Å². The standard InChI is InChI=1S/C27H36O4/c1-14(2)25(7)13-27(22-16(25)9-10-19(28)23(22)31)18-12-21(30)20(29)11-17(18)26(8,15(3)4)24(27,5)6/h9-12,14-15,28-31H,13H2,1-8H3. The van der Waals surface area contributed by atoms with Crippen LogP contribution in [0, 0.1) is 17.3 Å². The van der Waals surface area contributed by atoms with Crippen molar-refractivity contribution < 1.29 is 20.4 Å². The van der Waals surface area contributed by atoms with E-state index in [9.17, 15) is 20.4 Å². The molecule has 2 aromatic carbocycles. The number of hydrogen-bond donors (Lipinski definition) is 4. The Morgan fingerprint density at radius 2 is 1.26 bits per heavy atom. The van der Waals surface area contributed by atoms with Gasteiger partial charge in [0.25, 0.3) is 0 Å². The Morgan fingerprint density at radius 1 is 0.710 bits per heavy atom. The quantitative estimate of drug-likeness (QED) is 0.441. The summed E-state index contributed by atoms with van der Waals surface area (Å²) in [5, 5.41) is 42.8. The van der Waals surface area contributed by atoms with Crippen molar-refractivity contribution in [1.82, 2.24) is 0 Å². The lowest BCUT2D eigenvalue weighted by atomic mass is 9.51. The highest BCUT2D eigenvalue weighted by molar-refractivity contribution is 5.70. The van der Waals surface area contributed by atoms with E-state index in [-0.39, 0.29) is 45.2 Å². The van der Waals surface area contributed by atoms with Crippen molar-refractivity contribution in [1.29, 1.82) is 0 Å². The topological polar surface area (TPSA) is 80.9 Å². The van der Waals surface area contributed by atoms with Crippen molar-refractivity contribution in [3.8, 4) is 23.0 Å². The zero-order valence-corrected chi connectivity index (χ0v) is 20.0. The van der Waals surface area contributed by atoms with Crippen molar-refractivity contribution in [2.24, 2.45) is 17.3 Å². The number of rotatable bonds is 2. The third-order valence-electron chi connectivity index (χ3n) is 9.76. The van der Waals surface area contributed by atoms with Gasteiger partial charge in [-0.3, -0.25) is 0 Å². The Morgan fingerprint density at radius 3 is 1.77 bits per heavy atom. The van der Waals surface area contributed by atoms with Gasteiger partial charge in [-0.2, -0.15) is 0 Å². The molecule has 2 aliphatic carbocycles. The normalized spacial score (nSPS) is 30.9. The average molecular weight is 425 g/mol. The third-order valence-corrected chi connectivity index (χ3v) is 9.76. The monoisotopic (exact) mass is 424 g/mol. The second kappa shape index (κ2) is 6.11. The summed E-state index contributed by atoms with van der Waals surface area (Å²) in [7, 11) is 0. The van der Waals surface area contributed by atoms with Gasteiger partial charge in [0.1, 0.15) is 0 Å². The van der Waals surface area contributed by atoms with Crippen LogP contribution in [-0.2, 0) is 16.2 Å². The lowest BCUT2D eigenvalue weighted by molar-refractivity contribution is 0.0626. The van der Waals surface area contributed by atoms with Crippen molar-refractivity contribution >= 4 is 0 Å². The van der Waals surface area contributed by atoms with E-state index in [1.54, 1.807) is 18.2 Å². The first-order valence-electron chi connectivity index (χ1n) is 11.3. The molecule has 0 fully saturated rings. The summed E-state index contributed by atoms with van der Waals surface area (Å²) in [5.74, 6) is 0.0691. The zero-order chi connectivity index (χ0) is 23.3. The number of fused-ring (bicyclic) bond motifs is 4. The Bertz CT molecular complexity index is 1080. The molecule has 0 aliphatic heterocycles. The molecule has 0 heterocycles. The summed E-state index contributed by atoms with van der Waals surface area (Å²) < 4.78 is 0. The van der Waals surface area contributed by atoms with Crippen molar-refractivity contribution in [2.75, 3.05) is 0 Å². The van der Waals surface area contributed by atoms with Gasteiger partial charge in [0, 0.05) is 16.4 Å². The molecule has 0 radical (unpaired) electrons. The summed E-state index contributed by atoms with van der Waals surface area (Å²) in [6.45, 7) is 17.7. The third kappa shape index (κ3) is 2.21. The Labute approximate surface area is 185 Å². The van der Waals surface area contributed by atoms with E-state index in [1.807, 2.05) is 6.07 Å². The van der Waals surface area contributed by atoms with Crippen molar-refractivity contribution in [3.05, 3.63) is 46.5 Å². The fraction of sp³-hybridized carbons (Fsp3) is 0.556. The minimum absolute atomic E-state index is 0.0681. The van der Waals surface area contributed by atoms with Crippen molar-refractivity contribution in [2.45, 2.75) is 78.1 Å². The molecular weight excluding hydrogens is 388 g/mol. The van der Waals surface area contributed by atoms with Gasteiger partial charge < -0.3 is 20.4 Å². The second-order valence-corrected chi connectivity index (χ2v) is 11.4. The van der Waals surface area contributed by atoms with Crippen LogP contribution in [0.1, 0.15) is 84.1 Å². The molecule has 1 spiro atoms. The van der Waals surface area contributed by atoms with Gasteiger partial charge in [-0.05, 0) is 64.0 Å². The van der Waals surface area contributed by atoms with Gasteiger partial charge in [0.2, 0.25) is 0 Å². The van der Waals surface area contributed by atoms with Crippen LogP contribution in [0.5, 0.6) is 23.0 Å². The lowest BCUT2D eigenvalue weighted by Crippen LogP contribution is -2.50. The molecule has 3 atom stereocenters. The van der Waals surface area contributed by atoms with Gasteiger partial charge >= 0.3 is 0 Å². The van der Waals surface area contributed by atoms with Crippen LogP contribution in [0.3, 0.4) is 0 Å². The largest absolute Gasteiger partial charge is 0.504 e. The Balaban J connectivity index is 2.24. The molecule has 4 nitrogen and oxygen atoms in total. The van der Waals surface area contributed by atoms with E-state index >= 15 is 0 Å². The minimum Gasteiger partial charge on any atom is -0.504 e. The van der Waals surface area contributed by atoms with Gasteiger partial charge in [0.15, 0.2) is 23.0 Å². The maximum absolute atomic E-state index is 11.3. The number of aromatic hydroxyl groups is 4. The second-order valence-electron chi connectivity index (χ2n) is 11.4. The van der Waals surface area contributed by atoms with E-state index in [4.69, 9.17) is 0 Å². The van der Waals surface area contributed by atoms with Gasteiger partial charge in [0.05, 0.1) is 0 Å². The zero-order valence-electron chi connectivity index (χ0n) is 20.0. The predicted molar refractivity (Wildman–Crippen MR) is 123 cm³/mol. The van der Waals surface area contributed by atoms with E-state index in [0.717, 1.165) is 28.7 Å². The first kappa shape index (κ1) is 21.9. The summed E-state index contributed by atoms with van der Waals surface area (Å²) >= 11 is 0. The Hall–Kier alpha value is -2.36. The maximum Gasteiger partial charge on any atom is 0.161 e. The van der Waals surface area contributed by atoms with Crippen LogP contribution in [0.25, 0.3) is 0 Å². The molecule has 168 valence electrons. The van der Waals surface area contributed by atoms with E-state index in [2.05, 4.69) is 55.4 Å². The van der Waals surface area contributed by atoms with Crippen LogP contribution < -0.4 is 0 Å². The van der Waals surface area contributed by atoms with Crippen LogP contribution in [0.2, 0.25) is 0 Å². The summed E-state index contributed by atoms with van der Waals surface area (Å²) in [6, 6.07) is 6.96. The smallest absolute Gasteiger partial charge is 0.161 e. The van der Waals surface area contributed by atoms with E-state index in [1.165, 1.54) is 0 Å². The number of benzene rings is 2. The highest BCUT2D eigenvalue weighted by Crippen LogP contribution is 2.75. The molecule has 4 rings (SSSR count). The molecule has 0 saturated heterocycles. The number of hydrogen-bond acceptors (Lipinski definition) is 4. The van der Waals surface area contributed by atoms with Gasteiger partial charge in [-0.1, -0.05) is 61.5 Å². The summed E-state index contributed by atoms with van der Waals surface area (Å²) in [5.41, 5.74) is 2.17. The number of phenolic OH excluding ortho intramolecular Hbond substituents is 4.